The molecule has 23 heavy (non-hydrogen) atoms. The summed E-state index contributed by atoms with van der Waals surface area (Å²) in [6.45, 7) is 13.2. The van der Waals surface area contributed by atoms with Crippen LogP contribution in [-0.2, 0) is 4.74 Å². The van der Waals surface area contributed by atoms with Crippen LogP contribution in [-0.4, -0.2) is 75.3 Å². The van der Waals surface area contributed by atoms with Gasteiger partial charge in [-0.15, -0.1) is 0 Å². The summed E-state index contributed by atoms with van der Waals surface area (Å²) in [6.07, 6.45) is 5.14. The first kappa shape index (κ1) is 18.5. The Balaban J connectivity index is 1.73. The van der Waals surface area contributed by atoms with Crippen LogP contribution in [0.1, 0.15) is 39.5 Å². The lowest BCUT2D eigenvalue weighted by molar-refractivity contribution is 0.157. The van der Waals surface area contributed by atoms with E-state index in [1.807, 2.05) is 0 Å². The quantitative estimate of drug-likeness (QED) is 0.442. The molecule has 0 aromatic rings. The van der Waals surface area contributed by atoms with E-state index < -0.39 is 0 Å². The van der Waals surface area contributed by atoms with E-state index in [1.165, 1.54) is 38.9 Å². The minimum absolute atomic E-state index is 0.652. The number of nitrogens with one attached hydrogen (secondary N) is 1. The van der Waals surface area contributed by atoms with Crippen molar-refractivity contribution in [3.05, 3.63) is 0 Å². The van der Waals surface area contributed by atoms with E-state index in [-0.39, 0.29) is 0 Å². The second-order valence-corrected chi connectivity index (χ2v) is 7.19. The zero-order valence-corrected chi connectivity index (χ0v) is 15.4. The molecule has 0 amide bonds. The monoisotopic (exact) mass is 324 g/mol. The molecule has 2 saturated heterocycles. The summed E-state index contributed by atoms with van der Waals surface area (Å²) >= 11 is 0. The molecule has 2 aliphatic rings. The Kier molecular flexibility index (Phi) is 8.17. The maximum Gasteiger partial charge on any atom is 0.193 e. The fourth-order valence-electron chi connectivity index (χ4n) is 3.79. The fourth-order valence-corrected chi connectivity index (χ4v) is 3.79. The Morgan fingerprint density at radius 2 is 2.13 bits per heavy atom. The van der Waals surface area contributed by atoms with Crippen molar-refractivity contribution in [1.29, 1.82) is 0 Å². The van der Waals surface area contributed by atoms with Gasteiger partial charge in [0.1, 0.15) is 0 Å². The molecule has 0 aliphatic carbocycles. The summed E-state index contributed by atoms with van der Waals surface area (Å²) in [6, 6.07) is 0. The SMILES string of the molecule is CCNC(=NCCCN1CCCC(C)C1)N1CCC(COC)C1. The molecule has 2 heterocycles. The molecule has 0 bridgehead atoms. The van der Waals surface area contributed by atoms with Crippen molar-refractivity contribution in [3.63, 3.8) is 0 Å². The third-order valence-corrected chi connectivity index (χ3v) is 4.96. The van der Waals surface area contributed by atoms with Crippen LogP contribution in [0.25, 0.3) is 0 Å². The molecule has 5 nitrogen and oxygen atoms in total. The number of piperidine rings is 1. The summed E-state index contributed by atoms with van der Waals surface area (Å²) in [7, 11) is 1.80. The number of hydrogen-bond donors (Lipinski definition) is 1. The largest absolute Gasteiger partial charge is 0.384 e. The highest BCUT2D eigenvalue weighted by atomic mass is 16.5. The van der Waals surface area contributed by atoms with Gasteiger partial charge >= 0.3 is 0 Å². The zero-order valence-electron chi connectivity index (χ0n) is 15.4. The van der Waals surface area contributed by atoms with Gasteiger partial charge < -0.3 is 19.9 Å². The van der Waals surface area contributed by atoms with Gasteiger partial charge in [0, 0.05) is 45.8 Å². The number of nitrogens with zero attached hydrogens (tertiary/aromatic N) is 3. The maximum atomic E-state index is 5.30. The molecule has 0 saturated carbocycles. The van der Waals surface area contributed by atoms with Crippen molar-refractivity contribution in [2.75, 3.05) is 59.5 Å². The second kappa shape index (κ2) is 10.1. The number of ether oxygens (including phenoxy) is 1. The summed E-state index contributed by atoms with van der Waals surface area (Å²) < 4.78 is 5.30. The van der Waals surface area contributed by atoms with Gasteiger partial charge in [-0.1, -0.05) is 6.92 Å². The first-order valence-corrected chi connectivity index (χ1v) is 9.47. The minimum Gasteiger partial charge on any atom is -0.384 e. The average Bonchev–Trinajstić information content (AvgIpc) is 2.99. The first-order chi connectivity index (χ1) is 11.2. The third kappa shape index (κ3) is 6.30. The lowest BCUT2D eigenvalue weighted by Crippen LogP contribution is -2.40. The summed E-state index contributed by atoms with van der Waals surface area (Å²) in [5, 5.41) is 3.45. The molecule has 2 fully saturated rings. The molecule has 2 rings (SSSR count). The number of likely N-dealkylation sites (tertiary alicyclic amines) is 2. The second-order valence-electron chi connectivity index (χ2n) is 7.19. The Morgan fingerprint density at radius 1 is 1.26 bits per heavy atom. The Morgan fingerprint density at radius 3 is 2.87 bits per heavy atom. The van der Waals surface area contributed by atoms with Crippen molar-refractivity contribution in [2.45, 2.75) is 39.5 Å². The molecule has 1 N–H and O–H groups in total. The van der Waals surface area contributed by atoms with Crippen LogP contribution >= 0.6 is 0 Å². The van der Waals surface area contributed by atoms with Gasteiger partial charge in [0.25, 0.3) is 0 Å². The van der Waals surface area contributed by atoms with E-state index in [0.717, 1.165) is 51.1 Å². The highest BCUT2D eigenvalue weighted by Gasteiger charge is 2.24. The van der Waals surface area contributed by atoms with Crippen molar-refractivity contribution in [2.24, 2.45) is 16.8 Å². The Hall–Kier alpha value is -0.810. The van der Waals surface area contributed by atoms with E-state index in [1.54, 1.807) is 7.11 Å². The standard InChI is InChI=1S/C18H36N4O/c1-4-19-18(22-12-8-17(14-22)15-23-3)20-9-6-11-21-10-5-7-16(2)13-21/h16-17H,4-15H2,1-3H3,(H,19,20). The molecule has 0 radical (unpaired) electrons. The number of rotatable bonds is 7. The fraction of sp³-hybridized carbons (Fsp3) is 0.944. The lowest BCUT2D eigenvalue weighted by Gasteiger charge is -2.30. The molecule has 0 spiro atoms. The van der Waals surface area contributed by atoms with E-state index in [4.69, 9.17) is 9.73 Å². The maximum absolute atomic E-state index is 5.30. The van der Waals surface area contributed by atoms with Gasteiger partial charge in [0.2, 0.25) is 0 Å². The number of guanidine groups is 1. The normalized spacial score (nSPS) is 26.7. The molecule has 2 atom stereocenters. The zero-order chi connectivity index (χ0) is 16.5. The molecule has 134 valence electrons. The van der Waals surface area contributed by atoms with Gasteiger partial charge in [0.05, 0.1) is 6.61 Å². The van der Waals surface area contributed by atoms with Crippen molar-refractivity contribution in [1.82, 2.24) is 15.1 Å². The van der Waals surface area contributed by atoms with Crippen LogP contribution in [0.5, 0.6) is 0 Å². The summed E-state index contributed by atoms with van der Waals surface area (Å²) in [5.74, 6) is 2.61. The van der Waals surface area contributed by atoms with E-state index in [2.05, 4.69) is 29.0 Å². The van der Waals surface area contributed by atoms with Crippen molar-refractivity contribution in [3.8, 4) is 0 Å². The Labute approximate surface area is 142 Å². The number of aliphatic imine (C=N–C) groups is 1. The molecule has 2 unspecified atom stereocenters. The third-order valence-electron chi connectivity index (χ3n) is 4.96. The van der Waals surface area contributed by atoms with Gasteiger partial charge in [0.15, 0.2) is 5.96 Å². The molecular weight excluding hydrogens is 288 g/mol. The molecule has 0 aromatic carbocycles. The molecule has 2 aliphatic heterocycles. The first-order valence-electron chi connectivity index (χ1n) is 9.47. The predicted molar refractivity (Wildman–Crippen MR) is 97.0 cm³/mol. The summed E-state index contributed by atoms with van der Waals surface area (Å²) in [5.41, 5.74) is 0. The van der Waals surface area contributed by atoms with E-state index >= 15 is 0 Å². The van der Waals surface area contributed by atoms with Crippen LogP contribution in [0, 0.1) is 11.8 Å². The molecule has 0 aromatic heterocycles. The highest BCUT2D eigenvalue weighted by molar-refractivity contribution is 5.80. The van der Waals surface area contributed by atoms with Gasteiger partial charge in [-0.2, -0.15) is 0 Å². The van der Waals surface area contributed by atoms with Gasteiger partial charge in [-0.3, -0.25) is 4.99 Å². The van der Waals surface area contributed by atoms with Crippen molar-refractivity contribution < 1.29 is 4.74 Å². The number of methoxy groups -OCH3 is 1. The van der Waals surface area contributed by atoms with Crippen LogP contribution in [0.3, 0.4) is 0 Å². The van der Waals surface area contributed by atoms with Crippen LogP contribution in [0.4, 0.5) is 0 Å². The smallest absolute Gasteiger partial charge is 0.193 e. The van der Waals surface area contributed by atoms with Crippen LogP contribution < -0.4 is 5.32 Å². The Bertz CT molecular complexity index is 361. The van der Waals surface area contributed by atoms with Gasteiger partial charge in [-0.25, -0.2) is 0 Å². The lowest BCUT2D eigenvalue weighted by atomic mass is 10.0. The van der Waals surface area contributed by atoms with E-state index in [9.17, 15) is 0 Å². The minimum atomic E-state index is 0.652. The molecular formula is C18H36N4O. The average molecular weight is 325 g/mol. The van der Waals surface area contributed by atoms with Crippen LogP contribution in [0.15, 0.2) is 4.99 Å². The predicted octanol–water partition coefficient (Wildman–Crippen LogP) is 2.04. The van der Waals surface area contributed by atoms with Gasteiger partial charge in [-0.05, 0) is 51.6 Å². The van der Waals surface area contributed by atoms with E-state index in [0.29, 0.717) is 5.92 Å². The van der Waals surface area contributed by atoms with Crippen molar-refractivity contribution >= 4 is 5.96 Å². The summed E-state index contributed by atoms with van der Waals surface area (Å²) in [4.78, 5) is 9.87. The number of hydrogen-bond acceptors (Lipinski definition) is 3. The molecule has 5 heteroatoms. The topological polar surface area (TPSA) is 40.1 Å². The van der Waals surface area contributed by atoms with Crippen LogP contribution in [0.2, 0.25) is 0 Å². The highest BCUT2D eigenvalue weighted by Crippen LogP contribution is 2.17.